The van der Waals surface area contributed by atoms with Gasteiger partial charge in [-0.1, -0.05) is 13.3 Å². The van der Waals surface area contributed by atoms with Crippen LogP contribution in [0.4, 0.5) is 4.79 Å². The first kappa shape index (κ1) is 16.8. The van der Waals surface area contributed by atoms with Crippen LogP contribution in [-0.2, 0) is 9.53 Å². The highest BCUT2D eigenvalue weighted by Crippen LogP contribution is 2.19. The van der Waals surface area contributed by atoms with Crippen molar-refractivity contribution in [1.82, 2.24) is 10.6 Å². The summed E-state index contributed by atoms with van der Waals surface area (Å²) in [5.74, 6) is -0.429. The Labute approximate surface area is 120 Å². The molecule has 0 saturated heterocycles. The van der Waals surface area contributed by atoms with E-state index in [0.29, 0.717) is 6.42 Å². The smallest absolute Gasteiger partial charge is 0.407 e. The largest absolute Gasteiger partial charge is 0.444 e. The van der Waals surface area contributed by atoms with E-state index in [4.69, 9.17) is 4.74 Å². The molecule has 2 atom stereocenters. The molecule has 1 aliphatic carbocycles. The fraction of sp³-hybridized carbons (Fsp3) is 0.857. The Morgan fingerprint density at radius 1 is 1.35 bits per heavy atom. The SMILES string of the molecule is CCC[C@H](NC(=O)OC(C)(C)C)[C@@H](O)C(=O)NC1CC1. The predicted molar refractivity (Wildman–Crippen MR) is 75.2 cm³/mol. The van der Waals surface area contributed by atoms with Gasteiger partial charge in [-0.15, -0.1) is 0 Å². The Morgan fingerprint density at radius 3 is 2.40 bits per heavy atom. The van der Waals surface area contributed by atoms with Gasteiger partial charge in [-0.3, -0.25) is 4.79 Å². The van der Waals surface area contributed by atoms with Crippen LogP contribution in [0.2, 0.25) is 0 Å². The fourth-order valence-corrected chi connectivity index (χ4v) is 1.78. The van der Waals surface area contributed by atoms with Crippen molar-refractivity contribution in [3.63, 3.8) is 0 Å². The molecule has 3 N–H and O–H groups in total. The van der Waals surface area contributed by atoms with Crippen molar-refractivity contribution in [2.45, 2.75) is 77.2 Å². The topological polar surface area (TPSA) is 87.7 Å². The zero-order valence-corrected chi connectivity index (χ0v) is 12.7. The van der Waals surface area contributed by atoms with Crippen molar-refractivity contribution in [2.75, 3.05) is 0 Å². The Balaban J connectivity index is 2.52. The zero-order chi connectivity index (χ0) is 15.3. The Morgan fingerprint density at radius 2 is 1.95 bits per heavy atom. The molecule has 1 saturated carbocycles. The van der Waals surface area contributed by atoms with Crippen LogP contribution in [0.25, 0.3) is 0 Å². The minimum atomic E-state index is -1.25. The zero-order valence-electron chi connectivity index (χ0n) is 12.7. The van der Waals surface area contributed by atoms with Crippen LogP contribution in [0, 0.1) is 0 Å². The summed E-state index contributed by atoms with van der Waals surface area (Å²) in [6, 6.07) is -0.449. The third-order valence-corrected chi connectivity index (χ3v) is 2.88. The van der Waals surface area contributed by atoms with Gasteiger partial charge >= 0.3 is 6.09 Å². The summed E-state index contributed by atoms with van der Waals surface area (Å²) in [4.78, 5) is 23.6. The maximum absolute atomic E-state index is 11.8. The van der Waals surface area contributed by atoms with E-state index in [2.05, 4.69) is 10.6 Å². The highest BCUT2D eigenvalue weighted by molar-refractivity contribution is 5.82. The van der Waals surface area contributed by atoms with Crippen molar-refractivity contribution in [1.29, 1.82) is 0 Å². The maximum atomic E-state index is 11.8. The second-order valence-electron chi connectivity index (χ2n) is 6.27. The fourth-order valence-electron chi connectivity index (χ4n) is 1.78. The number of aliphatic hydroxyl groups excluding tert-OH is 1. The second kappa shape index (κ2) is 6.92. The summed E-state index contributed by atoms with van der Waals surface area (Å²) >= 11 is 0. The average Bonchev–Trinajstić information content (AvgIpc) is 3.08. The number of nitrogens with one attached hydrogen (secondary N) is 2. The van der Waals surface area contributed by atoms with Crippen molar-refractivity contribution >= 4 is 12.0 Å². The van der Waals surface area contributed by atoms with E-state index in [9.17, 15) is 14.7 Å². The van der Waals surface area contributed by atoms with E-state index in [1.807, 2.05) is 6.92 Å². The summed E-state index contributed by atoms with van der Waals surface area (Å²) in [5, 5.41) is 15.4. The van der Waals surface area contributed by atoms with Crippen LogP contribution in [0.1, 0.15) is 53.4 Å². The molecule has 0 radical (unpaired) electrons. The van der Waals surface area contributed by atoms with Crippen LogP contribution in [0.15, 0.2) is 0 Å². The molecule has 0 unspecified atom stereocenters. The lowest BCUT2D eigenvalue weighted by Crippen LogP contribution is -2.51. The molecule has 1 fully saturated rings. The number of aliphatic hydroxyl groups is 1. The van der Waals surface area contributed by atoms with Crippen LogP contribution in [0.5, 0.6) is 0 Å². The van der Waals surface area contributed by atoms with Gasteiger partial charge in [0.25, 0.3) is 5.91 Å². The lowest BCUT2D eigenvalue weighted by atomic mass is 10.1. The Kier molecular flexibility index (Phi) is 5.80. The number of hydrogen-bond acceptors (Lipinski definition) is 4. The highest BCUT2D eigenvalue weighted by atomic mass is 16.6. The predicted octanol–water partition coefficient (Wildman–Crippen LogP) is 1.32. The molecule has 6 heteroatoms. The van der Waals surface area contributed by atoms with Crippen molar-refractivity contribution in [2.24, 2.45) is 0 Å². The van der Waals surface area contributed by atoms with Gasteiger partial charge in [-0.25, -0.2) is 4.79 Å². The molecule has 0 aromatic carbocycles. The Bertz CT molecular complexity index is 348. The number of alkyl carbamates (subject to hydrolysis) is 1. The van der Waals surface area contributed by atoms with E-state index in [0.717, 1.165) is 19.3 Å². The molecule has 6 nitrogen and oxygen atoms in total. The van der Waals surface area contributed by atoms with E-state index in [1.165, 1.54) is 0 Å². The molecule has 0 aromatic rings. The minimum absolute atomic E-state index is 0.181. The Hall–Kier alpha value is -1.30. The molecule has 0 heterocycles. The van der Waals surface area contributed by atoms with Crippen LogP contribution < -0.4 is 10.6 Å². The monoisotopic (exact) mass is 286 g/mol. The quantitative estimate of drug-likeness (QED) is 0.687. The van der Waals surface area contributed by atoms with Crippen LogP contribution in [0.3, 0.4) is 0 Å². The normalized spacial score (nSPS) is 18.1. The van der Waals surface area contributed by atoms with Gasteiger partial charge in [0.05, 0.1) is 6.04 Å². The first-order chi connectivity index (χ1) is 9.23. The average molecular weight is 286 g/mol. The summed E-state index contributed by atoms with van der Waals surface area (Å²) in [7, 11) is 0. The van der Waals surface area contributed by atoms with Crippen molar-refractivity contribution in [3.8, 4) is 0 Å². The first-order valence-corrected chi connectivity index (χ1v) is 7.21. The van der Waals surface area contributed by atoms with Crippen LogP contribution >= 0.6 is 0 Å². The number of amides is 2. The summed E-state index contributed by atoms with van der Waals surface area (Å²) in [6.07, 6.45) is 1.30. The molecule has 1 rings (SSSR count). The molecule has 0 aliphatic heterocycles. The molecule has 1 aliphatic rings. The summed E-state index contributed by atoms with van der Waals surface area (Å²) in [6.45, 7) is 7.21. The van der Waals surface area contributed by atoms with E-state index in [1.54, 1.807) is 20.8 Å². The summed E-state index contributed by atoms with van der Waals surface area (Å²) < 4.78 is 5.15. The van der Waals surface area contributed by atoms with Gasteiger partial charge in [-0.05, 0) is 40.0 Å². The number of ether oxygens (including phenoxy) is 1. The first-order valence-electron chi connectivity index (χ1n) is 7.21. The maximum Gasteiger partial charge on any atom is 0.407 e. The van der Waals surface area contributed by atoms with E-state index >= 15 is 0 Å². The van der Waals surface area contributed by atoms with Crippen LogP contribution in [-0.4, -0.2) is 40.9 Å². The van der Waals surface area contributed by atoms with Crippen molar-refractivity contribution < 1.29 is 19.4 Å². The number of hydrogen-bond donors (Lipinski definition) is 3. The summed E-state index contributed by atoms with van der Waals surface area (Å²) in [5.41, 5.74) is -0.609. The molecule has 0 spiro atoms. The third kappa shape index (κ3) is 6.23. The third-order valence-electron chi connectivity index (χ3n) is 2.88. The lowest BCUT2D eigenvalue weighted by molar-refractivity contribution is -0.131. The van der Waals surface area contributed by atoms with E-state index in [-0.39, 0.29) is 6.04 Å². The number of rotatable bonds is 6. The standard InChI is InChI=1S/C14H26N2O4/c1-5-6-10(16-13(19)20-14(2,3)4)11(17)12(18)15-9-7-8-9/h9-11,17H,5-8H2,1-4H3,(H,15,18)(H,16,19)/t10-,11+/m0/s1. The van der Waals surface area contributed by atoms with Gasteiger partial charge < -0.3 is 20.5 Å². The molecule has 20 heavy (non-hydrogen) atoms. The highest BCUT2D eigenvalue weighted by Gasteiger charge is 2.32. The molecule has 2 amide bonds. The van der Waals surface area contributed by atoms with Gasteiger partial charge in [0, 0.05) is 6.04 Å². The van der Waals surface area contributed by atoms with Gasteiger partial charge in [0.1, 0.15) is 5.60 Å². The van der Waals surface area contributed by atoms with E-state index < -0.39 is 29.7 Å². The van der Waals surface area contributed by atoms with Gasteiger partial charge in [-0.2, -0.15) is 0 Å². The number of carbonyl (C=O) groups is 2. The number of carbonyl (C=O) groups excluding carboxylic acids is 2. The molecule has 0 aromatic heterocycles. The lowest BCUT2D eigenvalue weighted by Gasteiger charge is -2.26. The molecule has 0 bridgehead atoms. The van der Waals surface area contributed by atoms with Gasteiger partial charge in [0.15, 0.2) is 6.10 Å². The molecule has 116 valence electrons. The van der Waals surface area contributed by atoms with Gasteiger partial charge in [0.2, 0.25) is 0 Å². The minimum Gasteiger partial charge on any atom is -0.444 e. The second-order valence-corrected chi connectivity index (χ2v) is 6.27. The molecular weight excluding hydrogens is 260 g/mol. The molecular formula is C14H26N2O4. The van der Waals surface area contributed by atoms with Crippen molar-refractivity contribution in [3.05, 3.63) is 0 Å².